The van der Waals surface area contributed by atoms with Crippen molar-refractivity contribution in [3.05, 3.63) is 91.0 Å². The molecule has 0 N–H and O–H groups in total. The Morgan fingerprint density at radius 3 is 2.23 bits per heavy atom. The van der Waals surface area contributed by atoms with Gasteiger partial charge < -0.3 is 9.80 Å². The standard InChI is InChI=1S/C24H22N6O/c31-24(29-15-13-28(14-16-29)22-17-25-11-12-26-22)21-18-30(20-9-5-2-6-10-20)27-23(21)19-7-3-1-4-8-19/h1-12,17-18H,13-16H2. The minimum absolute atomic E-state index is 0.000157. The van der Waals surface area contributed by atoms with E-state index in [4.69, 9.17) is 5.10 Å². The summed E-state index contributed by atoms with van der Waals surface area (Å²) >= 11 is 0. The highest BCUT2D eigenvalue weighted by molar-refractivity contribution is 6.00. The minimum atomic E-state index is -0.000157. The summed E-state index contributed by atoms with van der Waals surface area (Å²) in [4.78, 5) is 26.1. The lowest BCUT2D eigenvalue weighted by Crippen LogP contribution is -2.49. The molecule has 7 nitrogen and oxygen atoms in total. The van der Waals surface area contributed by atoms with E-state index in [0.717, 1.165) is 30.2 Å². The molecule has 0 radical (unpaired) electrons. The van der Waals surface area contributed by atoms with Crippen molar-refractivity contribution in [3.8, 4) is 16.9 Å². The monoisotopic (exact) mass is 410 g/mol. The molecule has 0 spiro atoms. The molecule has 154 valence electrons. The number of carbonyl (C=O) groups excluding carboxylic acids is 1. The summed E-state index contributed by atoms with van der Waals surface area (Å²) in [5.74, 6) is 0.844. The van der Waals surface area contributed by atoms with E-state index >= 15 is 0 Å². The normalized spacial score (nSPS) is 13.9. The Kier molecular flexibility index (Phi) is 5.14. The molecule has 1 saturated heterocycles. The SMILES string of the molecule is O=C(c1cn(-c2ccccc2)nc1-c1ccccc1)N1CCN(c2cnccn2)CC1. The summed E-state index contributed by atoms with van der Waals surface area (Å²) in [6.07, 6.45) is 6.96. The van der Waals surface area contributed by atoms with Crippen LogP contribution in [0.15, 0.2) is 85.5 Å². The van der Waals surface area contributed by atoms with Gasteiger partial charge in [-0.1, -0.05) is 48.5 Å². The highest BCUT2D eigenvalue weighted by Crippen LogP contribution is 2.25. The molecule has 5 rings (SSSR count). The molecule has 3 heterocycles. The van der Waals surface area contributed by atoms with Gasteiger partial charge in [-0.05, 0) is 12.1 Å². The zero-order chi connectivity index (χ0) is 21.0. The van der Waals surface area contributed by atoms with Crippen LogP contribution in [0.3, 0.4) is 0 Å². The van der Waals surface area contributed by atoms with E-state index in [0.29, 0.717) is 24.3 Å². The number of carbonyl (C=O) groups is 1. The fourth-order valence-corrected chi connectivity index (χ4v) is 3.82. The van der Waals surface area contributed by atoms with Crippen LogP contribution in [0.1, 0.15) is 10.4 Å². The number of anilines is 1. The van der Waals surface area contributed by atoms with Gasteiger partial charge in [-0.25, -0.2) is 9.67 Å². The van der Waals surface area contributed by atoms with Crippen LogP contribution >= 0.6 is 0 Å². The molecule has 4 aromatic rings. The lowest BCUT2D eigenvalue weighted by molar-refractivity contribution is 0.0747. The van der Waals surface area contributed by atoms with Crippen LogP contribution in [0.4, 0.5) is 5.82 Å². The molecule has 1 fully saturated rings. The Morgan fingerprint density at radius 2 is 1.55 bits per heavy atom. The lowest BCUT2D eigenvalue weighted by Gasteiger charge is -2.35. The Labute approximate surface area is 180 Å². The van der Waals surface area contributed by atoms with E-state index in [1.54, 1.807) is 23.3 Å². The molecular weight excluding hydrogens is 388 g/mol. The largest absolute Gasteiger partial charge is 0.352 e. The first-order chi connectivity index (χ1) is 15.3. The van der Waals surface area contributed by atoms with E-state index in [1.807, 2.05) is 71.8 Å². The number of para-hydroxylation sites is 1. The minimum Gasteiger partial charge on any atom is -0.352 e. The van der Waals surface area contributed by atoms with Gasteiger partial charge in [0.05, 0.1) is 17.4 Å². The average Bonchev–Trinajstić information content (AvgIpc) is 3.31. The summed E-state index contributed by atoms with van der Waals surface area (Å²) in [6.45, 7) is 2.69. The van der Waals surface area contributed by atoms with Gasteiger partial charge in [0.2, 0.25) is 0 Å². The fourth-order valence-electron chi connectivity index (χ4n) is 3.82. The fraction of sp³-hybridized carbons (Fsp3) is 0.167. The summed E-state index contributed by atoms with van der Waals surface area (Å²) in [7, 11) is 0. The van der Waals surface area contributed by atoms with Crippen LogP contribution in [-0.2, 0) is 0 Å². The van der Waals surface area contributed by atoms with Gasteiger partial charge in [0.15, 0.2) is 0 Å². The van der Waals surface area contributed by atoms with E-state index in [1.165, 1.54) is 0 Å². The molecule has 0 unspecified atom stereocenters. The van der Waals surface area contributed by atoms with Crippen molar-refractivity contribution in [1.82, 2.24) is 24.6 Å². The topological polar surface area (TPSA) is 67.2 Å². The van der Waals surface area contributed by atoms with Gasteiger partial charge >= 0.3 is 0 Å². The Hall–Kier alpha value is -4.00. The molecule has 2 aromatic heterocycles. The second kappa shape index (κ2) is 8.39. The lowest BCUT2D eigenvalue weighted by atomic mass is 10.1. The van der Waals surface area contributed by atoms with E-state index in [9.17, 15) is 4.79 Å². The summed E-state index contributed by atoms with van der Waals surface area (Å²) in [6, 6.07) is 19.7. The van der Waals surface area contributed by atoms with Crippen LogP contribution in [-0.4, -0.2) is 56.7 Å². The Balaban J connectivity index is 1.42. The molecule has 1 amide bonds. The Morgan fingerprint density at radius 1 is 0.839 bits per heavy atom. The predicted molar refractivity (Wildman–Crippen MR) is 119 cm³/mol. The smallest absolute Gasteiger partial charge is 0.257 e. The number of rotatable bonds is 4. The molecule has 1 aliphatic heterocycles. The van der Waals surface area contributed by atoms with Crippen molar-refractivity contribution in [3.63, 3.8) is 0 Å². The second-order valence-corrected chi connectivity index (χ2v) is 7.38. The third-order valence-corrected chi connectivity index (χ3v) is 5.45. The van der Waals surface area contributed by atoms with Crippen molar-refractivity contribution < 1.29 is 4.79 Å². The average molecular weight is 410 g/mol. The maximum atomic E-state index is 13.5. The van der Waals surface area contributed by atoms with Crippen LogP contribution in [0.2, 0.25) is 0 Å². The van der Waals surface area contributed by atoms with Crippen LogP contribution in [0.5, 0.6) is 0 Å². The number of piperazine rings is 1. The molecule has 31 heavy (non-hydrogen) atoms. The second-order valence-electron chi connectivity index (χ2n) is 7.38. The maximum absolute atomic E-state index is 13.5. The van der Waals surface area contributed by atoms with Crippen LogP contribution < -0.4 is 4.90 Å². The van der Waals surface area contributed by atoms with Gasteiger partial charge in [0.1, 0.15) is 11.5 Å². The summed E-state index contributed by atoms with van der Waals surface area (Å²) < 4.78 is 1.78. The molecule has 0 aliphatic carbocycles. The number of benzene rings is 2. The molecule has 7 heteroatoms. The Bertz CT molecular complexity index is 1150. The molecule has 0 atom stereocenters. The van der Waals surface area contributed by atoms with E-state index in [2.05, 4.69) is 14.9 Å². The highest BCUT2D eigenvalue weighted by Gasteiger charge is 2.27. The summed E-state index contributed by atoms with van der Waals surface area (Å²) in [5.41, 5.74) is 3.17. The first-order valence-corrected chi connectivity index (χ1v) is 10.3. The van der Waals surface area contributed by atoms with Crippen molar-refractivity contribution in [2.45, 2.75) is 0 Å². The number of aromatic nitrogens is 4. The quantitative estimate of drug-likeness (QED) is 0.517. The molecule has 0 bridgehead atoms. The molecule has 0 saturated carbocycles. The first-order valence-electron chi connectivity index (χ1n) is 10.3. The predicted octanol–water partition coefficient (Wildman–Crippen LogP) is 3.29. The first kappa shape index (κ1) is 19.0. The number of hydrogen-bond acceptors (Lipinski definition) is 5. The summed E-state index contributed by atoms with van der Waals surface area (Å²) in [5, 5.41) is 4.77. The molecular formula is C24H22N6O. The van der Waals surface area contributed by atoms with Gasteiger partial charge in [-0.15, -0.1) is 0 Å². The molecule has 2 aromatic carbocycles. The number of nitrogens with zero attached hydrogens (tertiary/aromatic N) is 6. The van der Waals surface area contributed by atoms with Gasteiger partial charge in [0, 0.05) is 50.3 Å². The number of amides is 1. The van der Waals surface area contributed by atoms with Gasteiger partial charge in [-0.3, -0.25) is 9.78 Å². The van der Waals surface area contributed by atoms with Crippen molar-refractivity contribution in [2.24, 2.45) is 0 Å². The molecule has 1 aliphatic rings. The van der Waals surface area contributed by atoms with Crippen molar-refractivity contribution in [1.29, 1.82) is 0 Å². The highest BCUT2D eigenvalue weighted by atomic mass is 16.2. The zero-order valence-electron chi connectivity index (χ0n) is 17.0. The van der Waals surface area contributed by atoms with E-state index in [-0.39, 0.29) is 5.91 Å². The van der Waals surface area contributed by atoms with Gasteiger partial charge in [0.25, 0.3) is 5.91 Å². The third kappa shape index (κ3) is 3.90. The van der Waals surface area contributed by atoms with Crippen LogP contribution in [0, 0.1) is 0 Å². The third-order valence-electron chi connectivity index (χ3n) is 5.45. The van der Waals surface area contributed by atoms with Crippen molar-refractivity contribution >= 4 is 11.7 Å². The maximum Gasteiger partial charge on any atom is 0.257 e. The van der Waals surface area contributed by atoms with Gasteiger partial charge in [-0.2, -0.15) is 5.10 Å². The van der Waals surface area contributed by atoms with Crippen molar-refractivity contribution in [2.75, 3.05) is 31.1 Å². The number of hydrogen-bond donors (Lipinski definition) is 0. The van der Waals surface area contributed by atoms with Crippen LogP contribution in [0.25, 0.3) is 16.9 Å². The zero-order valence-corrected chi connectivity index (χ0v) is 17.0. The van der Waals surface area contributed by atoms with E-state index < -0.39 is 0 Å².